The molecule has 2 rings (SSSR count). The molecule has 2 amide bonds. The van der Waals surface area contributed by atoms with Gasteiger partial charge in [-0.25, -0.2) is 0 Å². The minimum Gasteiger partial charge on any atom is -0.329 e. The molecule has 0 spiro atoms. The van der Waals surface area contributed by atoms with E-state index in [9.17, 15) is 9.59 Å². The Hall–Kier alpha value is -1.50. The maximum atomic E-state index is 12.8. The molecule has 2 saturated heterocycles. The number of carbonyl (C=O) groups is 2. The summed E-state index contributed by atoms with van der Waals surface area (Å²) >= 11 is 0. The normalized spacial score (nSPS) is 27.8. The molecule has 4 heteroatoms. The van der Waals surface area contributed by atoms with Crippen molar-refractivity contribution in [3.63, 3.8) is 0 Å². The van der Waals surface area contributed by atoms with Gasteiger partial charge in [0.2, 0.25) is 11.8 Å². The summed E-state index contributed by atoms with van der Waals surface area (Å²) in [5, 5.41) is 0. The second-order valence-electron chi connectivity index (χ2n) is 6.10. The van der Waals surface area contributed by atoms with Gasteiger partial charge in [0, 0.05) is 6.54 Å². The van der Waals surface area contributed by atoms with Crippen LogP contribution in [-0.2, 0) is 9.59 Å². The van der Waals surface area contributed by atoms with Crippen molar-refractivity contribution in [2.24, 2.45) is 5.92 Å². The van der Waals surface area contributed by atoms with Crippen molar-refractivity contribution in [3.8, 4) is 12.3 Å². The van der Waals surface area contributed by atoms with E-state index < -0.39 is 6.04 Å². The summed E-state index contributed by atoms with van der Waals surface area (Å²) in [5.74, 6) is 2.94. The third-order valence-corrected chi connectivity index (χ3v) is 4.35. The number of amides is 2. The molecule has 2 aliphatic rings. The largest absolute Gasteiger partial charge is 0.329 e. The van der Waals surface area contributed by atoms with Crippen LogP contribution in [0.5, 0.6) is 0 Å². The highest BCUT2D eigenvalue weighted by Crippen LogP contribution is 2.31. The molecule has 0 aromatic heterocycles. The van der Waals surface area contributed by atoms with Crippen molar-refractivity contribution in [3.05, 3.63) is 0 Å². The standard InChI is InChI=1S/C16H24N2O2/c1-5-8-12(6-2)18-14(11(3)4)16(20)17-10-7-9-13(17)15(18)19/h2,11-14H,5,7-10H2,1,3-4H3. The fourth-order valence-corrected chi connectivity index (χ4v) is 3.42. The van der Waals surface area contributed by atoms with Crippen LogP contribution >= 0.6 is 0 Å². The van der Waals surface area contributed by atoms with Crippen molar-refractivity contribution in [1.82, 2.24) is 9.80 Å². The smallest absolute Gasteiger partial charge is 0.247 e. The average molecular weight is 276 g/mol. The lowest BCUT2D eigenvalue weighted by molar-refractivity contribution is -0.163. The SMILES string of the molecule is C#CC(CCC)N1C(=O)C2CCCN2C(=O)C1C(C)C. The first-order valence-corrected chi connectivity index (χ1v) is 7.61. The molecule has 0 aromatic carbocycles. The predicted molar refractivity (Wildman–Crippen MR) is 77.7 cm³/mol. The van der Waals surface area contributed by atoms with E-state index >= 15 is 0 Å². The summed E-state index contributed by atoms with van der Waals surface area (Å²) in [4.78, 5) is 28.9. The van der Waals surface area contributed by atoms with Gasteiger partial charge in [0.1, 0.15) is 12.1 Å². The lowest BCUT2D eigenvalue weighted by atomic mass is 9.93. The van der Waals surface area contributed by atoms with Gasteiger partial charge in [-0.15, -0.1) is 6.42 Å². The molecule has 3 unspecified atom stereocenters. The fraction of sp³-hybridized carbons (Fsp3) is 0.750. The molecule has 0 saturated carbocycles. The summed E-state index contributed by atoms with van der Waals surface area (Å²) in [5.41, 5.74) is 0. The Morgan fingerprint density at radius 2 is 2.05 bits per heavy atom. The number of fused-ring (bicyclic) bond motifs is 1. The second-order valence-corrected chi connectivity index (χ2v) is 6.10. The monoisotopic (exact) mass is 276 g/mol. The van der Waals surface area contributed by atoms with Crippen LogP contribution in [0.1, 0.15) is 46.5 Å². The van der Waals surface area contributed by atoms with E-state index in [0.717, 1.165) is 25.7 Å². The highest BCUT2D eigenvalue weighted by atomic mass is 16.2. The fourth-order valence-electron chi connectivity index (χ4n) is 3.42. The number of piperazine rings is 1. The molecule has 4 nitrogen and oxygen atoms in total. The molecule has 0 bridgehead atoms. The minimum absolute atomic E-state index is 0.0530. The summed E-state index contributed by atoms with van der Waals surface area (Å²) in [6.07, 6.45) is 8.98. The van der Waals surface area contributed by atoms with Crippen molar-refractivity contribution < 1.29 is 9.59 Å². The summed E-state index contributed by atoms with van der Waals surface area (Å²) < 4.78 is 0. The molecule has 0 N–H and O–H groups in total. The Balaban J connectivity index is 2.37. The first-order valence-electron chi connectivity index (χ1n) is 7.61. The maximum absolute atomic E-state index is 12.8. The Morgan fingerprint density at radius 3 is 2.60 bits per heavy atom. The summed E-state index contributed by atoms with van der Waals surface area (Å²) in [7, 11) is 0. The van der Waals surface area contributed by atoms with E-state index in [4.69, 9.17) is 6.42 Å². The first kappa shape index (κ1) is 14.9. The molecular formula is C16H24N2O2. The zero-order chi connectivity index (χ0) is 14.9. The summed E-state index contributed by atoms with van der Waals surface area (Å²) in [6, 6.07) is -0.929. The van der Waals surface area contributed by atoms with Gasteiger partial charge in [-0.05, 0) is 25.2 Å². The van der Waals surface area contributed by atoms with Crippen molar-refractivity contribution in [1.29, 1.82) is 0 Å². The predicted octanol–water partition coefficient (Wildman–Crippen LogP) is 1.65. The molecule has 0 radical (unpaired) electrons. The van der Waals surface area contributed by atoms with Crippen LogP contribution in [0.15, 0.2) is 0 Å². The number of terminal acetylenes is 1. The molecule has 110 valence electrons. The molecule has 2 heterocycles. The van der Waals surface area contributed by atoms with Crippen LogP contribution in [0.3, 0.4) is 0 Å². The number of hydrogen-bond donors (Lipinski definition) is 0. The van der Waals surface area contributed by atoms with Gasteiger partial charge in [-0.2, -0.15) is 0 Å². The molecule has 0 aromatic rings. The van der Waals surface area contributed by atoms with E-state index in [0.29, 0.717) is 6.54 Å². The van der Waals surface area contributed by atoms with Gasteiger partial charge >= 0.3 is 0 Å². The number of hydrogen-bond acceptors (Lipinski definition) is 2. The average Bonchev–Trinajstić information content (AvgIpc) is 2.89. The molecule has 2 aliphatic heterocycles. The molecule has 3 atom stereocenters. The highest BCUT2D eigenvalue weighted by Gasteiger charge is 2.50. The van der Waals surface area contributed by atoms with Crippen LogP contribution < -0.4 is 0 Å². The Bertz CT molecular complexity index is 438. The minimum atomic E-state index is -0.399. The Kier molecular flexibility index (Phi) is 4.37. The van der Waals surface area contributed by atoms with Crippen LogP contribution in [0.4, 0.5) is 0 Å². The van der Waals surface area contributed by atoms with Gasteiger partial charge in [-0.3, -0.25) is 9.59 Å². The van der Waals surface area contributed by atoms with Crippen molar-refractivity contribution in [2.45, 2.75) is 64.6 Å². The van der Waals surface area contributed by atoms with Crippen LogP contribution in [-0.4, -0.2) is 46.3 Å². The molecule has 20 heavy (non-hydrogen) atoms. The number of carbonyl (C=O) groups excluding carboxylic acids is 2. The van der Waals surface area contributed by atoms with Crippen molar-refractivity contribution >= 4 is 11.8 Å². The van der Waals surface area contributed by atoms with Gasteiger partial charge in [0.25, 0.3) is 0 Å². The van der Waals surface area contributed by atoms with E-state index in [1.807, 2.05) is 20.8 Å². The molecular weight excluding hydrogens is 252 g/mol. The Labute approximate surface area is 121 Å². The molecule has 0 aliphatic carbocycles. The zero-order valence-electron chi connectivity index (χ0n) is 12.6. The lowest BCUT2D eigenvalue weighted by Crippen LogP contribution is -2.66. The third kappa shape index (κ3) is 2.30. The topological polar surface area (TPSA) is 40.6 Å². The number of rotatable bonds is 4. The first-order chi connectivity index (χ1) is 9.52. The second kappa shape index (κ2) is 5.87. The zero-order valence-corrected chi connectivity index (χ0v) is 12.6. The van der Waals surface area contributed by atoms with Gasteiger partial charge in [0.05, 0.1) is 6.04 Å². The van der Waals surface area contributed by atoms with Gasteiger partial charge in [-0.1, -0.05) is 33.1 Å². The van der Waals surface area contributed by atoms with E-state index in [-0.39, 0.29) is 29.8 Å². The highest BCUT2D eigenvalue weighted by molar-refractivity contribution is 5.98. The van der Waals surface area contributed by atoms with E-state index in [1.54, 1.807) is 9.80 Å². The maximum Gasteiger partial charge on any atom is 0.247 e. The molecule has 2 fully saturated rings. The Morgan fingerprint density at radius 1 is 1.35 bits per heavy atom. The van der Waals surface area contributed by atoms with Gasteiger partial charge in [0.15, 0.2) is 0 Å². The number of nitrogens with zero attached hydrogens (tertiary/aromatic N) is 2. The van der Waals surface area contributed by atoms with E-state index in [1.165, 1.54) is 0 Å². The third-order valence-electron chi connectivity index (χ3n) is 4.35. The quantitative estimate of drug-likeness (QED) is 0.733. The summed E-state index contributed by atoms with van der Waals surface area (Å²) in [6.45, 7) is 6.73. The van der Waals surface area contributed by atoms with Crippen LogP contribution in [0, 0.1) is 18.3 Å². The van der Waals surface area contributed by atoms with Crippen molar-refractivity contribution in [2.75, 3.05) is 6.54 Å². The van der Waals surface area contributed by atoms with Gasteiger partial charge < -0.3 is 9.80 Å². The van der Waals surface area contributed by atoms with E-state index in [2.05, 4.69) is 5.92 Å². The van der Waals surface area contributed by atoms with Crippen LogP contribution in [0.2, 0.25) is 0 Å². The lowest BCUT2D eigenvalue weighted by Gasteiger charge is -2.46. The van der Waals surface area contributed by atoms with Crippen LogP contribution in [0.25, 0.3) is 0 Å².